The third-order valence-corrected chi connectivity index (χ3v) is 3.02. The first-order valence-corrected chi connectivity index (χ1v) is 5.35. The molecule has 0 bridgehead atoms. The number of benzene rings is 1. The van der Waals surface area contributed by atoms with Crippen LogP contribution in [0.1, 0.15) is 17.2 Å². The van der Waals surface area contributed by atoms with Crippen LogP contribution in [0.5, 0.6) is 0 Å². The summed E-state index contributed by atoms with van der Waals surface area (Å²) >= 11 is 5.87. The largest absolute Gasteiger partial charge is 0.443 e. The molecule has 1 aliphatic heterocycles. The zero-order chi connectivity index (χ0) is 12.6. The fraction of sp³-hybridized carbons (Fsp3) is 0.364. The first kappa shape index (κ1) is 12.1. The first-order valence-electron chi connectivity index (χ1n) is 4.97. The van der Waals surface area contributed by atoms with E-state index in [4.69, 9.17) is 11.6 Å². The van der Waals surface area contributed by atoms with E-state index in [1.807, 2.05) is 0 Å². The number of alkyl halides is 2. The van der Waals surface area contributed by atoms with Gasteiger partial charge in [-0.2, -0.15) is 0 Å². The molecule has 3 nitrogen and oxygen atoms in total. The van der Waals surface area contributed by atoms with Crippen molar-refractivity contribution in [3.63, 3.8) is 0 Å². The van der Waals surface area contributed by atoms with Gasteiger partial charge in [0.2, 0.25) is 0 Å². The number of rotatable bonds is 1. The molecule has 92 valence electrons. The maximum atomic E-state index is 13.6. The summed E-state index contributed by atoms with van der Waals surface area (Å²) in [6.07, 6.45) is -0.849. The van der Waals surface area contributed by atoms with Gasteiger partial charge in [0.15, 0.2) is 6.61 Å². The second kappa shape index (κ2) is 4.14. The number of cyclic esters (lactones) is 1. The number of aryl methyl sites for hydroxylation is 1. The summed E-state index contributed by atoms with van der Waals surface area (Å²) in [6, 6.07) is 3.18. The lowest BCUT2D eigenvalue weighted by Crippen LogP contribution is -2.49. The van der Waals surface area contributed by atoms with Crippen molar-refractivity contribution >= 4 is 17.7 Å². The molecule has 1 aromatic rings. The Hall–Kier alpha value is -1.36. The predicted molar refractivity (Wildman–Crippen MR) is 58.4 cm³/mol. The zero-order valence-corrected chi connectivity index (χ0v) is 9.72. The lowest BCUT2D eigenvalue weighted by Gasteiger charge is -2.31. The molecule has 0 saturated carbocycles. The Bertz CT molecular complexity index is 465. The standard InChI is InChI=1S/C11H10ClF2NO2/c1-6-2-3-7(4-8(6)12)9-11(13,14)5-17-10(16)15-9/h2-4,9H,5H2,1H3,(H,15,16)/t9-/m0/s1. The van der Waals surface area contributed by atoms with Crippen LogP contribution in [0.4, 0.5) is 13.6 Å². The minimum absolute atomic E-state index is 0.266. The van der Waals surface area contributed by atoms with Gasteiger partial charge in [-0.15, -0.1) is 0 Å². The number of nitrogens with one attached hydrogen (secondary N) is 1. The van der Waals surface area contributed by atoms with Crippen molar-refractivity contribution < 1.29 is 18.3 Å². The Morgan fingerprint density at radius 1 is 1.53 bits per heavy atom. The van der Waals surface area contributed by atoms with Gasteiger partial charge in [-0.3, -0.25) is 0 Å². The average molecular weight is 262 g/mol. The molecule has 1 aliphatic rings. The summed E-state index contributed by atoms with van der Waals surface area (Å²) in [7, 11) is 0. The predicted octanol–water partition coefficient (Wildman–Crippen LogP) is 3.06. The third kappa shape index (κ3) is 2.34. The van der Waals surface area contributed by atoms with Crippen LogP contribution in [0.2, 0.25) is 5.02 Å². The van der Waals surface area contributed by atoms with Crippen LogP contribution in [0, 0.1) is 6.92 Å². The van der Waals surface area contributed by atoms with Gasteiger partial charge in [0.1, 0.15) is 6.04 Å². The molecule has 1 saturated heterocycles. The first-order chi connectivity index (χ1) is 7.90. The van der Waals surface area contributed by atoms with E-state index in [0.717, 1.165) is 5.56 Å². The van der Waals surface area contributed by atoms with Gasteiger partial charge in [-0.25, -0.2) is 13.6 Å². The topological polar surface area (TPSA) is 38.3 Å². The molecule has 0 spiro atoms. The number of amides is 1. The van der Waals surface area contributed by atoms with Crippen molar-refractivity contribution in [2.75, 3.05) is 6.61 Å². The number of alkyl carbamates (subject to hydrolysis) is 1. The van der Waals surface area contributed by atoms with E-state index in [-0.39, 0.29) is 5.56 Å². The van der Waals surface area contributed by atoms with Crippen LogP contribution in [-0.4, -0.2) is 18.6 Å². The van der Waals surface area contributed by atoms with E-state index >= 15 is 0 Å². The fourth-order valence-corrected chi connectivity index (χ4v) is 1.82. The highest BCUT2D eigenvalue weighted by Gasteiger charge is 2.46. The van der Waals surface area contributed by atoms with Crippen molar-refractivity contribution in [2.45, 2.75) is 18.9 Å². The highest BCUT2D eigenvalue weighted by Crippen LogP contribution is 2.35. The van der Waals surface area contributed by atoms with Crippen molar-refractivity contribution in [1.29, 1.82) is 0 Å². The number of hydrogen-bond donors (Lipinski definition) is 1. The molecule has 0 radical (unpaired) electrons. The minimum atomic E-state index is -3.15. The van der Waals surface area contributed by atoms with E-state index in [0.29, 0.717) is 5.02 Å². The number of ether oxygens (including phenoxy) is 1. The molecular weight excluding hydrogens is 252 g/mol. The molecule has 1 aromatic carbocycles. The highest BCUT2D eigenvalue weighted by molar-refractivity contribution is 6.31. The smallest absolute Gasteiger partial charge is 0.408 e. The molecule has 2 rings (SSSR count). The number of carbonyl (C=O) groups is 1. The molecule has 6 heteroatoms. The SMILES string of the molecule is Cc1ccc([C@@H]2NC(=O)OCC2(F)F)cc1Cl. The van der Waals surface area contributed by atoms with Gasteiger partial charge in [-0.05, 0) is 24.1 Å². The Morgan fingerprint density at radius 3 is 2.88 bits per heavy atom. The normalized spacial score (nSPS) is 22.8. The average Bonchev–Trinajstić information content (AvgIpc) is 2.26. The lowest BCUT2D eigenvalue weighted by molar-refractivity contribution is -0.104. The second-order valence-electron chi connectivity index (χ2n) is 3.92. The van der Waals surface area contributed by atoms with E-state index in [1.54, 1.807) is 13.0 Å². The van der Waals surface area contributed by atoms with Crippen molar-refractivity contribution in [3.8, 4) is 0 Å². The van der Waals surface area contributed by atoms with Gasteiger partial charge in [0.25, 0.3) is 0 Å². The Morgan fingerprint density at radius 2 is 2.24 bits per heavy atom. The van der Waals surface area contributed by atoms with Crippen molar-refractivity contribution in [3.05, 3.63) is 34.3 Å². The van der Waals surface area contributed by atoms with Crippen LogP contribution in [-0.2, 0) is 4.74 Å². The Balaban J connectivity index is 2.36. The maximum absolute atomic E-state index is 13.6. The zero-order valence-electron chi connectivity index (χ0n) is 8.97. The molecule has 1 amide bonds. The lowest BCUT2D eigenvalue weighted by atomic mass is 9.99. The third-order valence-electron chi connectivity index (χ3n) is 2.61. The highest BCUT2D eigenvalue weighted by atomic mass is 35.5. The number of halogens is 3. The van der Waals surface area contributed by atoms with Gasteiger partial charge < -0.3 is 10.1 Å². The van der Waals surface area contributed by atoms with Crippen LogP contribution in [0.25, 0.3) is 0 Å². The molecule has 17 heavy (non-hydrogen) atoms. The fourth-order valence-electron chi connectivity index (χ4n) is 1.63. The Kier molecular flexibility index (Phi) is 2.95. The van der Waals surface area contributed by atoms with E-state index in [1.165, 1.54) is 12.1 Å². The van der Waals surface area contributed by atoms with Gasteiger partial charge in [0.05, 0.1) is 0 Å². The second-order valence-corrected chi connectivity index (χ2v) is 4.33. The van der Waals surface area contributed by atoms with Crippen molar-refractivity contribution in [2.24, 2.45) is 0 Å². The Labute approximate surface area is 102 Å². The monoisotopic (exact) mass is 261 g/mol. The van der Waals surface area contributed by atoms with Crippen LogP contribution in [0.15, 0.2) is 18.2 Å². The van der Waals surface area contributed by atoms with E-state index < -0.39 is 24.7 Å². The van der Waals surface area contributed by atoms with Gasteiger partial charge in [0, 0.05) is 5.02 Å². The molecule has 1 atom stereocenters. The molecular formula is C11H10ClF2NO2. The van der Waals surface area contributed by atoms with E-state index in [2.05, 4.69) is 10.1 Å². The molecule has 0 aromatic heterocycles. The molecule has 1 N–H and O–H groups in total. The summed E-state index contributed by atoms with van der Waals surface area (Å²) in [6.45, 7) is 0.849. The molecule has 0 aliphatic carbocycles. The van der Waals surface area contributed by atoms with Crippen LogP contribution >= 0.6 is 11.6 Å². The summed E-state index contributed by atoms with van der Waals surface area (Å²) in [5, 5.41) is 2.49. The number of hydrogen-bond acceptors (Lipinski definition) is 2. The molecule has 1 fully saturated rings. The summed E-state index contributed by atoms with van der Waals surface area (Å²) in [5.41, 5.74) is 1.05. The minimum Gasteiger partial charge on any atom is -0.443 e. The van der Waals surface area contributed by atoms with Gasteiger partial charge >= 0.3 is 12.0 Å². The number of carbonyl (C=O) groups excluding carboxylic acids is 1. The molecule has 0 unspecified atom stereocenters. The summed E-state index contributed by atoms with van der Waals surface area (Å²) < 4.78 is 31.4. The summed E-state index contributed by atoms with van der Waals surface area (Å²) in [5.74, 6) is -3.15. The van der Waals surface area contributed by atoms with Gasteiger partial charge in [-0.1, -0.05) is 23.7 Å². The quantitative estimate of drug-likeness (QED) is 0.844. The van der Waals surface area contributed by atoms with Crippen LogP contribution in [0.3, 0.4) is 0 Å². The van der Waals surface area contributed by atoms with Crippen LogP contribution < -0.4 is 5.32 Å². The maximum Gasteiger partial charge on any atom is 0.408 e. The summed E-state index contributed by atoms with van der Waals surface area (Å²) in [4.78, 5) is 11.0. The van der Waals surface area contributed by atoms with Crippen molar-refractivity contribution in [1.82, 2.24) is 5.32 Å². The molecule has 1 heterocycles. The van der Waals surface area contributed by atoms with E-state index in [9.17, 15) is 13.6 Å².